The van der Waals surface area contributed by atoms with Gasteiger partial charge in [-0.25, -0.2) is 16.8 Å². The minimum atomic E-state index is -4.01. The molecule has 0 spiro atoms. The van der Waals surface area contributed by atoms with Crippen molar-refractivity contribution in [1.29, 1.82) is 0 Å². The lowest BCUT2D eigenvalue weighted by Gasteiger charge is -2.12. The van der Waals surface area contributed by atoms with Crippen LogP contribution in [0.15, 0.2) is 59.8 Å². The number of nitrogens with one attached hydrogen (secondary N) is 1. The van der Waals surface area contributed by atoms with Crippen LogP contribution in [-0.2, 0) is 21.9 Å². The van der Waals surface area contributed by atoms with E-state index >= 15 is 4.39 Å². The Balaban J connectivity index is 1.69. The highest BCUT2D eigenvalue weighted by Crippen LogP contribution is 2.34. The zero-order valence-electron chi connectivity index (χ0n) is 21.1. The third kappa shape index (κ3) is 5.77. The van der Waals surface area contributed by atoms with Gasteiger partial charge in [0, 0.05) is 56.3 Å². The molecular formula is C26H29FN4O5S. The zero-order chi connectivity index (χ0) is 26.7. The number of nitrogens with zero attached hydrogens (tertiary/aromatic N) is 3. The van der Waals surface area contributed by atoms with Crippen LogP contribution in [-0.4, -0.2) is 47.8 Å². The highest BCUT2D eigenvalue weighted by molar-refractivity contribution is 7.90. The molecule has 2 heterocycles. The molecule has 0 aliphatic heterocycles. The molecule has 9 nitrogen and oxygen atoms in total. The molecule has 2 aromatic carbocycles. The Labute approximate surface area is 214 Å². The first-order valence-corrected chi connectivity index (χ1v) is 13.2. The van der Waals surface area contributed by atoms with E-state index in [0.717, 1.165) is 15.6 Å². The first-order chi connectivity index (χ1) is 17.6. The van der Waals surface area contributed by atoms with Crippen molar-refractivity contribution in [3.8, 4) is 11.6 Å². The average molecular weight is 529 g/mol. The summed E-state index contributed by atoms with van der Waals surface area (Å²) in [6, 6.07) is 10.8. The third-order valence-electron chi connectivity index (χ3n) is 5.90. The number of amides is 1. The maximum atomic E-state index is 15.1. The molecule has 0 fully saturated rings. The zero-order valence-corrected chi connectivity index (χ0v) is 21.9. The second-order valence-corrected chi connectivity index (χ2v) is 10.7. The number of aryl methyl sites for hydroxylation is 2. The number of hydrogen-bond acceptors (Lipinski definition) is 6. The predicted octanol–water partition coefficient (Wildman–Crippen LogP) is 3.76. The highest BCUT2D eigenvalue weighted by Gasteiger charge is 2.25. The van der Waals surface area contributed by atoms with Gasteiger partial charge >= 0.3 is 0 Å². The summed E-state index contributed by atoms with van der Waals surface area (Å²) in [6.07, 6.45) is 3.22. The van der Waals surface area contributed by atoms with Gasteiger partial charge < -0.3 is 14.8 Å². The van der Waals surface area contributed by atoms with E-state index < -0.39 is 15.8 Å². The van der Waals surface area contributed by atoms with Gasteiger partial charge in [-0.2, -0.15) is 0 Å². The van der Waals surface area contributed by atoms with E-state index in [-0.39, 0.29) is 47.7 Å². The highest BCUT2D eigenvalue weighted by atomic mass is 32.2. The minimum absolute atomic E-state index is 0.0319. The molecule has 2 aromatic heterocycles. The molecule has 37 heavy (non-hydrogen) atoms. The monoisotopic (exact) mass is 528 g/mol. The maximum Gasteiger partial charge on any atom is 0.268 e. The Hall–Kier alpha value is -3.86. The summed E-state index contributed by atoms with van der Waals surface area (Å²) in [5.41, 5.74) is 1.73. The molecule has 1 N–H and O–H groups in total. The van der Waals surface area contributed by atoms with Crippen LogP contribution in [0.3, 0.4) is 0 Å². The van der Waals surface area contributed by atoms with Gasteiger partial charge in [0.05, 0.1) is 10.4 Å². The molecule has 0 saturated carbocycles. The SMILES string of the molecule is CC(=O)NC[C@H](C)c1cn(S(=O)(=O)c2ccc(C)cc2)c2cc(F)c(OCCOc3ccn(C)n3)cc12. The molecule has 0 aliphatic rings. The fraction of sp³-hybridized carbons (Fsp3) is 0.308. The fourth-order valence-electron chi connectivity index (χ4n) is 3.92. The summed E-state index contributed by atoms with van der Waals surface area (Å²) in [6.45, 7) is 5.61. The van der Waals surface area contributed by atoms with E-state index in [1.54, 1.807) is 36.1 Å². The van der Waals surface area contributed by atoms with E-state index in [0.29, 0.717) is 16.8 Å². The van der Waals surface area contributed by atoms with Crippen LogP contribution in [0.2, 0.25) is 0 Å². The van der Waals surface area contributed by atoms with Crippen molar-refractivity contribution in [3.05, 3.63) is 71.8 Å². The molecular weight excluding hydrogens is 499 g/mol. The predicted molar refractivity (Wildman–Crippen MR) is 137 cm³/mol. The number of halogens is 1. The van der Waals surface area contributed by atoms with E-state index in [1.807, 2.05) is 13.8 Å². The van der Waals surface area contributed by atoms with Gasteiger partial charge in [0.2, 0.25) is 11.8 Å². The number of benzene rings is 2. The summed E-state index contributed by atoms with van der Waals surface area (Å²) in [5, 5.41) is 7.37. The summed E-state index contributed by atoms with van der Waals surface area (Å²) < 4.78 is 56.0. The van der Waals surface area contributed by atoms with Crippen LogP contribution >= 0.6 is 0 Å². The van der Waals surface area contributed by atoms with Crippen LogP contribution in [0.1, 0.15) is 30.9 Å². The Morgan fingerprint density at radius 2 is 1.84 bits per heavy atom. The van der Waals surface area contributed by atoms with Gasteiger partial charge in [0.25, 0.3) is 10.0 Å². The molecule has 1 amide bonds. The molecule has 0 bridgehead atoms. The number of fused-ring (bicyclic) bond motifs is 1. The number of rotatable bonds is 10. The largest absolute Gasteiger partial charge is 0.487 e. The lowest BCUT2D eigenvalue weighted by atomic mass is 10.0. The van der Waals surface area contributed by atoms with Gasteiger partial charge in [0.15, 0.2) is 11.6 Å². The smallest absolute Gasteiger partial charge is 0.268 e. The molecule has 4 rings (SSSR count). The number of ether oxygens (including phenoxy) is 2. The quantitative estimate of drug-likeness (QED) is 0.315. The van der Waals surface area contributed by atoms with Crippen LogP contribution in [0.4, 0.5) is 4.39 Å². The van der Waals surface area contributed by atoms with Crippen molar-refractivity contribution in [3.63, 3.8) is 0 Å². The minimum Gasteiger partial charge on any atom is -0.487 e. The molecule has 0 radical (unpaired) electrons. The maximum absolute atomic E-state index is 15.1. The Kier molecular flexibility index (Phi) is 7.53. The Bertz CT molecular complexity index is 1530. The molecule has 1 atom stereocenters. The number of aromatic nitrogens is 3. The normalized spacial score (nSPS) is 12.5. The van der Waals surface area contributed by atoms with Gasteiger partial charge in [0.1, 0.15) is 13.2 Å². The topological polar surface area (TPSA) is 104 Å². The Morgan fingerprint density at radius 1 is 1.14 bits per heavy atom. The molecule has 11 heteroatoms. The fourth-order valence-corrected chi connectivity index (χ4v) is 5.29. The van der Waals surface area contributed by atoms with Crippen molar-refractivity contribution in [2.45, 2.75) is 31.6 Å². The molecule has 0 aliphatic carbocycles. The van der Waals surface area contributed by atoms with Crippen LogP contribution in [0.5, 0.6) is 11.6 Å². The average Bonchev–Trinajstić information content (AvgIpc) is 3.44. The lowest BCUT2D eigenvalue weighted by Crippen LogP contribution is -2.24. The van der Waals surface area contributed by atoms with Crippen molar-refractivity contribution < 1.29 is 27.1 Å². The van der Waals surface area contributed by atoms with Crippen LogP contribution in [0, 0.1) is 12.7 Å². The summed E-state index contributed by atoms with van der Waals surface area (Å²) in [5.74, 6) is -0.771. The summed E-state index contributed by atoms with van der Waals surface area (Å²) in [4.78, 5) is 11.6. The second-order valence-electron chi connectivity index (χ2n) is 8.86. The van der Waals surface area contributed by atoms with E-state index in [1.165, 1.54) is 31.3 Å². The van der Waals surface area contributed by atoms with Crippen molar-refractivity contribution in [1.82, 2.24) is 19.1 Å². The molecule has 0 unspecified atom stereocenters. The molecule has 0 saturated heterocycles. The van der Waals surface area contributed by atoms with E-state index in [9.17, 15) is 13.2 Å². The molecule has 4 aromatic rings. The van der Waals surface area contributed by atoms with Gasteiger partial charge in [-0.1, -0.05) is 24.6 Å². The van der Waals surface area contributed by atoms with Gasteiger partial charge in [-0.3, -0.25) is 9.48 Å². The van der Waals surface area contributed by atoms with Gasteiger partial charge in [-0.05, 0) is 30.7 Å². The number of hydrogen-bond donors (Lipinski definition) is 1. The van der Waals surface area contributed by atoms with Gasteiger partial charge in [-0.15, -0.1) is 5.10 Å². The summed E-state index contributed by atoms with van der Waals surface area (Å²) in [7, 11) is -2.25. The van der Waals surface area contributed by atoms with Crippen molar-refractivity contribution in [2.75, 3.05) is 19.8 Å². The van der Waals surface area contributed by atoms with Crippen LogP contribution in [0.25, 0.3) is 10.9 Å². The first-order valence-electron chi connectivity index (χ1n) is 11.7. The third-order valence-corrected chi connectivity index (χ3v) is 7.59. The van der Waals surface area contributed by atoms with E-state index in [2.05, 4.69) is 10.4 Å². The van der Waals surface area contributed by atoms with E-state index in [4.69, 9.17) is 9.47 Å². The molecule has 196 valence electrons. The van der Waals surface area contributed by atoms with Crippen molar-refractivity contribution in [2.24, 2.45) is 7.05 Å². The lowest BCUT2D eigenvalue weighted by molar-refractivity contribution is -0.119. The number of carbonyl (C=O) groups excluding carboxylic acids is 1. The number of carbonyl (C=O) groups is 1. The Morgan fingerprint density at radius 3 is 2.49 bits per heavy atom. The van der Waals surface area contributed by atoms with Crippen molar-refractivity contribution >= 4 is 26.8 Å². The van der Waals surface area contributed by atoms with Crippen LogP contribution < -0.4 is 14.8 Å². The summed E-state index contributed by atoms with van der Waals surface area (Å²) >= 11 is 0. The first kappa shape index (κ1) is 26.2. The standard InChI is InChI=1S/C26H29FN4O5S/c1-17-5-7-20(8-6-17)37(33,34)31-16-22(18(2)15-28-19(3)32)21-13-25(23(27)14-24(21)31)35-11-12-36-26-9-10-30(4)29-26/h5-10,13-14,16,18H,11-12,15H2,1-4H3,(H,28,32)/t18-/m0/s1. The second kappa shape index (κ2) is 10.6.